The molecule has 1 aromatic heterocycles. The van der Waals surface area contributed by atoms with Crippen molar-refractivity contribution in [3.05, 3.63) is 148 Å². The Bertz CT molecular complexity index is 2120. The number of hydrogen-bond acceptors (Lipinski definition) is 7. The number of hydrogen-bond donors (Lipinski definition) is 1. The Morgan fingerprint density at radius 2 is 1.73 bits per heavy atom. The van der Waals surface area contributed by atoms with Gasteiger partial charge in [-0.25, -0.2) is 13.4 Å². The summed E-state index contributed by atoms with van der Waals surface area (Å²) in [6.07, 6.45) is 1.37. The minimum atomic E-state index is -4.06. The van der Waals surface area contributed by atoms with Gasteiger partial charge in [-0.15, -0.1) is 17.9 Å². The predicted octanol–water partition coefficient (Wildman–Crippen LogP) is 6.86. The van der Waals surface area contributed by atoms with Crippen molar-refractivity contribution < 1.29 is 18.3 Å². The molecule has 0 saturated carbocycles. The average molecular weight is 695 g/mol. The van der Waals surface area contributed by atoms with Gasteiger partial charge in [-0.1, -0.05) is 90.5 Å². The summed E-state index contributed by atoms with van der Waals surface area (Å²) >= 11 is 7.45. The lowest BCUT2D eigenvalue weighted by atomic mass is 10.0. The molecule has 0 spiro atoms. The number of halogens is 1. The van der Waals surface area contributed by atoms with Gasteiger partial charge in [-0.05, 0) is 41.3 Å². The van der Waals surface area contributed by atoms with Crippen LogP contribution >= 0.6 is 22.9 Å². The lowest BCUT2D eigenvalue weighted by molar-refractivity contribution is -0.139. The number of sulfonamides is 1. The van der Waals surface area contributed by atoms with Gasteiger partial charge in [0.1, 0.15) is 11.3 Å². The molecule has 242 valence electrons. The SMILES string of the molecule is C=CC(c1cc2ccc(Cl)cc2s1)S(=O)(=O)N1CC(=O)N(Cc2ccc(C#N)c(N=C(c3ccccc3)c3ccccc3)c2)C(CO)C1. The minimum absolute atomic E-state index is 0.0842. The number of piperazine rings is 1. The second-order valence-electron chi connectivity index (χ2n) is 11.3. The summed E-state index contributed by atoms with van der Waals surface area (Å²) in [4.78, 5) is 20.6. The van der Waals surface area contributed by atoms with Gasteiger partial charge in [0.15, 0.2) is 0 Å². The summed E-state index contributed by atoms with van der Waals surface area (Å²) in [5.74, 6) is -0.446. The summed E-state index contributed by atoms with van der Waals surface area (Å²) in [7, 11) is -4.06. The number of nitriles is 1. The maximum atomic E-state index is 13.9. The number of nitrogens with zero attached hydrogens (tertiary/aromatic N) is 4. The number of rotatable bonds is 10. The smallest absolute Gasteiger partial charge is 0.238 e. The fraction of sp³-hybridized carbons (Fsp3) is 0.162. The first kappa shape index (κ1) is 33.3. The Morgan fingerprint density at radius 3 is 2.35 bits per heavy atom. The van der Waals surface area contributed by atoms with Crippen LogP contribution in [-0.4, -0.2) is 60.1 Å². The van der Waals surface area contributed by atoms with E-state index in [4.69, 9.17) is 16.6 Å². The Kier molecular flexibility index (Phi) is 9.87. The zero-order valence-corrected chi connectivity index (χ0v) is 28.1. The molecule has 6 rings (SSSR count). The predicted molar refractivity (Wildman–Crippen MR) is 191 cm³/mol. The summed E-state index contributed by atoms with van der Waals surface area (Å²) < 4.78 is 29.8. The maximum absolute atomic E-state index is 13.9. The van der Waals surface area contributed by atoms with E-state index < -0.39 is 33.8 Å². The van der Waals surface area contributed by atoms with Crippen molar-refractivity contribution in [2.24, 2.45) is 4.99 Å². The van der Waals surface area contributed by atoms with Crippen molar-refractivity contribution in [3.63, 3.8) is 0 Å². The number of aliphatic imine (C=N–C) groups is 1. The number of carbonyl (C=O) groups is 1. The number of thiophene rings is 1. The highest BCUT2D eigenvalue weighted by molar-refractivity contribution is 7.89. The van der Waals surface area contributed by atoms with Crippen LogP contribution in [0.2, 0.25) is 5.02 Å². The van der Waals surface area contributed by atoms with E-state index in [0.717, 1.165) is 25.5 Å². The highest BCUT2D eigenvalue weighted by Gasteiger charge is 2.41. The zero-order valence-electron chi connectivity index (χ0n) is 25.7. The molecule has 4 aromatic carbocycles. The van der Waals surface area contributed by atoms with Crippen molar-refractivity contribution in [2.45, 2.75) is 17.8 Å². The lowest BCUT2D eigenvalue weighted by Gasteiger charge is -2.40. The third-order valence-corrected chi connectivity index (χ3v) is 11.9. The number of amides is 1. The topological polar surface area (TPSA) is 114 Å². The van der Waals surface area contributed by atoms with Gasteiger partial charge >= 0.3 is 0 Å². The molecule has 48 heavy (non-hydrogen) atoms. The van der Waals surface area contributed by atoms with E-state index in [1.807, 2.05) is 66.7 Å². The van der Waals surface area contributed by atoms with Crippen LogP contribution in [0.25, 0.3) is 10.1 Å². The molecule has 1 fully saturated rings. The lowest BCUT2D eigenvalue weighted by Crippen LogP contribution is -2.59. The summed E-state index contributed by atoms with van der Waals surface area (Å²) in [6, 6.07) is 33.1. The van der Waals surface area contributed by atoms with Crippen LogP contribution in [0.5, 0.6) is 0 Å². The number of fused-ring (bicyclic) bond motifs is 1. The first-order chi connectivity index (χ1) is 23.2. The first-order valence-electron chi connectivity index (χ1n) is 15.1. The molecule has 1 N–H and O–H groups in total. The van der Waals surface area contributed by atoms with E-state index in [2.05, 4.69) is 12.6 Å². The van der Waals surface area contributed by atoms with Gasteiger partial charge in [-0.3, -0.25) is 4.79 Å². The molecule has 2 heterocycles. The van der Waals surface area contributed by atoms with Crippen LogP contribution in [-0.2, 0) is 21.4 Å². The monoisotopic (exact) mass is 694 g/mol. The van der Waals surface area contributed by atoms with Gasteiger partial charge in [0.05, 0.1) is 36.2 Å². The summed E-state index contributed by atoms with van der Waals surface area (Å²) in [5.41, 5.74) is 3.93. The Morgan fingerprint density at radius 1 is 1.04 bits per heavy atom. The molecule has 0 aliphatic carbocycles. The zero-order chi connectivity index (χ0) is 33.8. The van der Waals surface area contributed by atoms with Crippen LogP contribution in [0, 0.1) is 11.3 Å². The fourth-order valence-corrected chi connectivity index (χ4v) is 9.21. The molecule has 1 amide bonds. The minimum Gasteiger partial charge on any atom is -0.394 e. The fourth-order valence-electron chi connectivity index (χ4n) is 5.79. The second kappa shape index (κ2) is 14.2. The van der Waals surface area contributed by atoms with Crippen molar-refractivity contribution in [3.8, 4) is 6.07 Å². The van der Waals surface area contributed by atoms with E-state index in [-0.39, 0.29) is 19.6 Å². The van der Waals surface area contributed by atoms with Crippen LogP contribution < -0.4 is 0 Å². The van der Waals surface area contributed by atoms with Crippen molar-refractivity contribution in [2.75, 3.05) is 19.7 Å². The van der Waals surface area contributed by atoms with Crippen molar-refractivity contribution in [1.29, 1.82) is 5.26 Å². The molecule has 2 atom stereocenters. The highest BCUT2D eigenvalue weighted by Crippen LogP contribution is 2.37. The van der Waals surface area contributed by atoms with E-state index in [0.29, 0.717) is 32.4 Å². The molecule has 1 saturated heterocycles. The maximum Gasteiger partial charge on any atom is 0.238 e. The summed E-state index contributed by atoms with van der Waals surface area (Å²) in [6.45, 7) is 2.99. The quantitative estimate of drug-likeness (QED) is 0.127. The Labute approximate surface area is 288 Å². The Hall–Kier alpha value is -4.63. The highest BCUT2D eigenvalue weighted by atomic mass is 35.5. The third kappa shape index (κ3) is 6.83. The molecule has 0 radical (unpaired) electrons. The molecule has 1 aliphatic rings. The van der Waals surface area contributed by atoms with Gasteiger partial charge in [0, 0.05) is 38.8 Å². The third-order valence-electron chi connectivity index (χ3n) is 8.24. The number of aliphatic hydroxyl groups excluding tert-OH is 1. The number of benzene rings is 4. The standard InChI is InChI=1S/C37H31ClN4O4S2/c1-2-35(34-18-28-15-16-30(38)19-33(28)47-34)48(45,46)41-22-31(24-43)42(36(44)23-41)21-25-13-14-29(20-39)32(17-25)40-37(26-9-5-3-6-10-26)27-11-7-4-8-12-27/h2-19,31,35,43H,1,21-24H2. The number of aliphatic hydroxyl groups is 1. The van der Waals surface area contributed by atoms with E-state index in [1.165, 1.54) is 22.3 Å². The van der Waals surface area contributed by atoms with Crippen LogP contribution in [0.15, 0.2) is 121 Å². The van der Waals surface area contributed by atoms with Gasteiger partial charge in [-0.2, -0.15) is 9.57 Å². The van der Waals surface area contributed by atoms with Gasteiger partial charge in [0.25, 0.3) is 0 Å². The largest absolute Gasteiger partial charge is 0.394 e. The molecule has 2 unspecified atom stereocenters. The molecule has 0 bridgehead atoms. The van der Waals surface area contributed by atoms with Gasteiger partial charge in [0.2, 0.25) is 15.9 Å². The molecular weight excluding hydrogens is 664 g/mol. The average Bonchev–Trinajstić information content (AvgIpc) is 3.51. The van der Waals surface area contributed by atoms with Crippen LogP contribution in [0.4, 0.5) is 5.69 Å². The van der Waals surface area contributed by atoms with Crippen molar-refractivity contribution >= 4 is 60.4 Å². The van der Waals surface area contributed by atoms with Gasteiger partial charge < -0.3 is 10.0 Å². The molecular formula is C37H31ClN4O4S2. The van der Waals surface area contributed by atoms with E-state index >= 15 is 0 Å². The van der Waals surface area contributed by atoms with Crippen LogP contribution in [0.1, 0.15) is 32.4 Å². The van der Waals surface area contributed by atoms with Crippen LogP contribution in [0.3, 0.4) is 0 Å². The number of carbonyl (C=O) groups excluding carboxylic acids is 1. The summed E-state index contributed by atoms with van der Waals surface area (Å²) in [5, 5.41) is 20.6. The first-order valence-corrected chi connectivity index (χ1v) is 17.8. The van der Waals surface area contributed by atoms with E-state index in [9.17, 15) is 23.6 Å². The molecule has 11 heteroatoms. The second-order valence-corrected chi connectivity index (χ2v) is 14.9. The normalized spacial score (nSPS) is 16.0. The molecule has 8 nitrogen and oxygen atoms in total. The van der Waals surface area contributed by atoms with E-state index in [1.54, 1.807) is 36.4 Å². The molecule has 5 aromatic rings. The molecule has 1 aliphatic heterocycles. The Balaban J connectivity index is 1.27. The van der Waals surface area contributed by atoms with Crippen molar-refractivity contribution in [1.82, 2.24) is 9.21 Å².